The van der Waals surface area contributed by atoms with Crippen LogP contribution in [0.2, 0.25) is 5.02 Å². The summed E-state index contributed by atoms with van der Waals surface area (Å²) in [7, 11) is 3.04. The van der Waals surface area contributed by atoms with Gasteiger partial charge >= 0.3 is 0 Å². The number of nitrogens with zero attached hydrogens (tertiary/aromatic N) is 1. The second kappa shape index (κ2) is 12.3. The largest absolute Gasteiger partial charge is 0.497 e. The maximum atomic E-state index is 12.5. The van der Waals surface area contributed by atoms with Crippen LogP contribution in [0, 0.1) is 0 Å². The summed E-state index contributed by atoms with van der Waals surface area (Å²) in [6.45, 7) is 2.70. The van der Waals surface area contributed by atoms with Crippen molar-refractivity contribution in [3.05, 3.63) is 80.8 Å². The Kier molecular flexibility index (Phi) is 9.18. The van der Waals surface area contributed by atoms with Gasteiger partial charge in [-0.2, -0.15) is 5.10 Å². The molecule has 0 aliphatic heterocycles. The number of rotatable bonds is 10. The Morgan fingerprint density at radius 3 is 2.32 bits per heavy atom. The predicted molar refractivity (Wildman–Crippen MR) is 136 cm³/mol. The molecule has 9 heteroatoms. The van der Waals surface area contributed by atoms with E-state index in [9.17, 15) is 4.79 Å². The topological polar surface area (TPSA) is 78.4 Å². The van der Waals surface area contributed by atoms with Crippen molar-refractivity contribution < 1.29 is 23.7 Å². The van der Waals surface area contributed by atoms with Gasteiger partial charge in [0.2, 0.25) is 0 Å². The smallest absolute Gasteiger partial charge is 0.271 e. The SMILES string of the molecule is CCOc1cc(/C=N\NC(=O)c2cc(OC)cc(OC)c2)cc(Br)c1OCc1ccc(Cl)cc1. The highest BCUT2D eigenvalue weighted by atomic mass is 79.9. The molecule has 0 unspecified atom stereocenters. The van der Waals surface area contributed by atoms with Crippen molar-refractivity contribution >= 4 is 39.7 Å². The molecule has 0 saturated heterocycles. The summed E-state index contributed by atoms with van der Waals surface area (Å²) in [5.74, 6) is 1.74. The van der Waals surface area contributed by atoms with E-state index in [1.165, 1.54) is 20.4 Å². The molecule has 0 aliphatic rings. The highest BCUT2D eigenvalue weighted by molar-refractivity contribution is 9.10. The van der Waals surface area contributed by atoms with Crippen molar-refractivity contribution in [2.75, 3.05) is 20.8 Å². The number of hydrazone groups is 1. The first-order valence-corrected chi connectivity index (χ1v) is 11.5. The lowest BCUT2D eigenvalue weighted by Gasteiger charge is -2.14. The van der Waals surface area contributed by atoms with Crippen LogP contribution >= 0.6 is 27.5 Å². The molecule has 0 aromatic heterocycles. The van der Waals surface area contributed by atoms with Gasteiger partial charge in [0.1, 0.15) is 18.1 Å². The molecular weight excluding hydrogens is 524 g/mol. The molecule has 0 radical (unpaired) electrons. The lowest BCUT2D eigenvalue weighted by Crippen LogP contribution is -2.17. The fourth-order valence-corrected chi connectivity index (χ4v) is 3.67. The van der Waals surface area contributed by atoms with E-state index in [2.05, 4.69) is 26.5 Å². The highest BCUT2D eigenvalue weighted by Gasteiger charge is 2.13. The molecule has 3 aromatic rings. The third-order valence-electron chi connectivity index (χ3n) is 4.62. The Labute approximate surface area is 211 Å². The molecule has 3 rings (SSSR count). The molecule has 178 valence electrons. The Bertz CT molecular complexity index is 1150. The standard InChI is InChI=1S/C25H24BrClN2O5/c1-4-33-23-10-17(9-22(26)24(23)34-15-16-5-7-19(27)8-6-16)14-28-29-25(30)18-11-20(31-2)13-21(12-18)32-3/h5-14H,4,15H2,1-3H3,(H,29,30)/b28-14-. The zero-order valence-electron chi connectivity index (χ0n) is 18.9. The minimum Gasteiger partial charge on any atom is -0.497 e. The number of benzene rings is 3. The molecule has 34 heavy (non-hydrogen) atoms. The molecule has 0 saturated carbocycles. The van der Waals surface area contributed by atoms with Gasteiger partial charge < -0.3 is 18.9 Å². The highest BCUT2D eigenvalue weighted by Crippen LogP contribution is 2.37. The van der Waals surface area contributed by atoms with Crippen LogP contribution in [-0.4, -0.2) is 32.9 Å². The van der Waals surface area contributed by atoms with Gasteiger partial charge in [0.05, 0.1) is 31.5 Å². The Hall–Kier alpha value is -3.23. The van der Waals surface area contributed by atoms with Crippen molar-refractivity contribution in [3.63, 3.8) is 0 Å². The molecular formula is C25H24BrClN2O5. The van der Waals surface area contributed by atoms with Gasteiger partial charge in [-0.1, -0.05) is 23.7 Å². The molecule has 3 aromatic carbocycles. The summed E-state index contributed by atoms with van der Waals surface area (Å²) in [5.41, 5.74) is 4.54. The Morgan fingerprint density at radius 2 is 1.71 bits per heavy atom. The molecule has 1 amide bonds. The number of methoxy groups -OCH3 is 2. The number of carbonyl (C=O) groups excluding carboxylic acids is 1. The van der Waals surface area contributed by atoms with Crippen LogP contribution in [0.25, 0.3) is 0 Å². The van der Waals surface area contributed by atoms with Gasteiger partial charge in [-0.3, -0.25) is 4.79 Å². The molecule has 7 nitrogen and oxygen atoms in total. The predicted octanol–water partition coefficient (Wildman–Crippen LogP) is 5.86. The molecule has 0 aliphatic carbocycles. The molecule has 0 fully saturated rings. The monoisotopic (exact) mass is 546 g/mol. The normalized spacial score (nSPS) is 10.7. The lowest BCUT2D eigenvalue weighted by molar-refractivity contribution is 0.0954. The summed E-state index contributed by atoms with van der Waals surface area (Å²) in [6, 6.07) is 15.9. The van der Waals surface area contributed by atoms with Crippen LogP contribution in [0.3, 0.4) is 0 Å². The zero-order chi connectivity index (χ0) is 24.5. The first-order valence-electron chi connectivity index (χ1n) is 10.3. The Balaban J connectivity index is 1.73. The molecule has 0 spiro atoms. The number of hydrogen-bond donors (Lipinski definition) is 1. The number of nitrogens with one attached hydrogen (secondary N) is 1. The minimum atomic E-state index is -0.402. The van der Waals surface area contributed by atoms with Gasteiger partial charge in [-0.15, -0.1) is 0 Å². The summed E-state index contributed by atoms with van der Waals surface area (Å²) >= 11 is 9.48. The van der Waals surface area contributed by atoms with Crippen LogP contribution in [0.1, 0.15) is 28.4 Å². The average molecular weight is 548 g/mol. The third-order valence-corrected chi connectivity index (χ3v) is 5.46. The van der Waals surface area contributed by atoms with Crippen molar-refractivity contribution in [1.82, 2.24) is 5.43 Å². The number of halogens is 2. The van der Waals surface area contributed by atoms with Gasteiger partial charge in [-0.25, -0.2) is 5.43 Å². The van der Waals surface area contributed by atoms with Gasteiger partial charge in [-0.05, 0) is 70.4 Å². The van der Waals surface area contributed by atoms with Crippen LogP contribution in [0.5, 0.6) is 23.0 Å². The lowest BCUT2D eigenvalue weighted by atomic mass is 10.2. The van der Waals surface area contributed by atoms with Crippen molar-refractivity contribution in [1.29, 1.82) is 0 Å². The van der Waals surface area contributed by atoms with Crippen LogP contribution in [-0.2, 0) is 6.61 Å². The van der Waals surface area contributed by atoms with E-state index in [-0.39, 0.29) is 0 Å². The summed E-state index contributed by atoms with van der Waals surface area (Å²) < 4.78 is 22.8. The molecule has 0 bridgehead atoms. The van der Waals surface area contributed by atoms with E-state index in [1.54, 1.807) is 24.3 Å². The first-order chi connectivity index (χ1) is 16.4. The second-order valence-electron chi connectivity index (χ2n) is 6.98. The van der Waals surface area contributed by atoms with Crippen LogP contribution in [0.4, 0.5) is 0 Å². The maximum absolute atomic E-state index is 12.5. The second-order valence-corrected chi connectivity index (χ2v) is 8.27. The maximum Gasteiger partial charge on any atom is 0.271 e. The number of carbonyl (C=O) groups is 1. The van der Waals surface area contributed by atoms with Crippen molar-refractivity contribution in [3.8, 4) is 23.0 Å². The van der Waals surface area contributed by atoms with E-state index in [0.717, 1.165) is 5.56 Å². The molecule has 0 heterocycles. The quantitative estimate of drug-likeness (QED) is 0.254. The molecule has 0 atom stereocenters. The van der Waals surface area contributed by atoms with Crippen molar-refractivity contribution in [2.24, 2.45) is 5.10 Å². The number of amides is 1. The summed E-state index contributed by atoms with van der Waals surface area (Å²) in [6.07, 6.45) is 1.52. The van der Waals surface area contributed by atoms with Gasteiger partial charge in [0, 0.05) is 16.7 Å². The summed E-state index contributed by atoms with van der Waals surface area (Å²) in [5, 5.41) is 4.73. The van der Waals surface area contributed by atoms with E-state index in [1.807, 2.05) is 37.3 Å². The van der Waals surface area contributed by atoms with Crippen LogP contribution < -0.4 is 24.4 Å². The van der Waals surface area contributed by atoms with Gasteiger partial charge in [0.15, 0.2) is 11.5 Å². The van der Waals surface area contributed by atoms with E-state index < -0.39 is 5.91 Å². The van der Waals surface area contributed by atoms with E-state index in [0.29, 0.717) is 56.8 Å². The van der Waals surface area contributed by atoms with Crippen molar-refractivity contribution in [2.45, 2.75) is 13.5 Å². The first kappa shape index (κ1) is 25.4. The fraction of sp³-hybridized carbons (Fsp3) is 0.200. The third kappa shape index (κ3) is 6.88. The van der Waals surface area contributed by atoms with Gasteiger partial charge in [0.25, 0.3) is 5.91 Å². The number of ether oxygens (including phenoxy) is 4. The van der Waals surface area contributed by atoms with Crippen LogP contribution in [0.15, 0.2) is 64.2 Å². The van der Waals surface area contributed by atoms with E-state index in [4.69, 9.17) is 30.5 Å². The molecule has 1 N–H and O–H groups in total. The summed E-state index contributed by atoms with van der Waals surface area (Å²) in [4.78, 5) is 12.5. The fourth-order valence-electron chi connectivity index (χ4n) is 2.97. The number of hydrogen-bond acceptors (Lipinski definition) is 6. The average Bonchev–Trinajstić information content (AvgIpc) is 2.84. The Morgan fingerprint density at radius 1 is 1.03 bits per heavy atom. The minimum absolute atomic E-state index is 0.351. The van der Waals surface area contributed by atoms with E-state index >= 15 is 0 Å². The zero-order valence-corrected chi connectivity index (χ0v) is 21.3.